The molecule has 0 bridgehead atoms. The Morgan fingerprint density at radius 1 is 1.12 bits per heavy atom. The molecule has 0 atom stereocenters. The number of hydrogen-bond acceptors (Lipinski definition) is 2. The molecule has 1 heterocycles. The Morgan fingerprint density at radius 2 is 1.69 bits per heavy atom. The van der Waals surface area contributed by atoms with E-state index in [1.165, 1.54) is 5.56 Å². The van der Waals surface area contributed by atoms with Gasteiger partial charge in [-0.25, -0.2) is 0 Å². The Hall–Kier alpha value is -0.570. The topological polar surface area (TPSA) is 15.3 Å². The van der Waals surface area contributed by atoms with E-state index in [0.29, 0.717) is 0 Å². The number of rotatable bonds is 2. The zero-order valence-electron chi connectivity index (χ0n) is 9.96. The van der Waals surface area contributed by atoms with E-state index in [0.717, 1.165) is 31.2 Å². The highest BCUT2D eigenvalue weighted by molar-refractivity contribution is 6.30. The smallest absolute Gasteiger partial charge is 0.0406 e. The summed E-state index contributed by atoms with van der Waals surface area (Å²) in [6, 6.07) is 8.20. The highest BCUT2D eigenvalue weighted by Crippen LogP contribution is 2.28. The van der Waals surface area contributed by atoms with E-state index in [9.17, 15) is 0 Å². The molecule has 16 heavy (non-hydrogen) atoms. The Labute approximate surface area is 103 Å². The molecule has 1 aromatic carbocycles. The molecule has 0 spiro atoms. The van der Waals surface area contributed by atoms with E-state index in [4.69, 9.17) is 11.6 Å². The molecule has 0 unspecified atom stereocenters. The molecule has 1 aliphatic heterocycles. The number of piperazine rings is 1. The van der Waals surface area contributed by atoms with Crippen molar-refractivity contribution in [3.05, 3.63) is 34.9 Å². The summed E-state index contributed by atoms with van der Waals surface area (Å²) < 4.78 is 0. The fourth-order valence-electron chi connectivity index (χ4n) is 2.26. The predicted octanol–water partition coefficient (Wildman–Crippen LogP) is 2.48. The molecule has 0 aromatic heterocycles. The average Bonchev–Trinajstić information content (AvgIpc) is 2.31. The molecule has 2 rings (SSSR count). The van der Waals surface area contributed by atoms with Gasteiger partial charge in [0.15, 0.2) is 0 Å². The molecule has 1 saturated heterocycles. The number of benzene rings is 1. The van der Waals surface area contributed by atoms with E-state index in [2.05, 4.69) is 36.2 Å². The minimum Gasteiger partial charge on any atom is -0.314 e. The number of nitrogens with one attached hydrogen (secondary N) is 1. The Bertz CT molecular complexity index is 339. The number of hydrogen-bond donors (Lipinski definition) is 1. The minimum absolute atomic E-state index is 0.0900. The van der Waals surface area contributed by atoms with Gasteiger partial charge in [-0.15, -0.1) is 0 Å². The Kier molecular flexibility index (Phi) is 3.53. The first kappa shape index (κ1) is 11.9. The Morgan fingerprint density at radius 3 is 2.25 bits per heavy atom. The molecule has 0 aliphatic carbocycles. The molecule has 1 N–H and O–H groups in total. The second kappa shape index (κ2) is 4.74. The van der Waals surface area contributed by atoms with Gasteiger partial charge < -0.3 is 5.32 Å². The van der Waals surface area contributed by atoms with Crippen molar-refractivity contribution in [2.75, 3.05) is 26.2 Å². The van der Waals surface area contributed by atoms with Crippen molar-refractivity contribution in [3.63, 3.8) is 0 Å². The number of nitrogens with zero attached hydrogens (tertiary/aromatic N) is 1. The van der Waals surface area contributed by atoms with Crippen LogP contribution in [0.1, 0.15) is 19.4 Å². The van der Waals surface area contributed by atoms with Crippen LogP contribution in [0.5, 0.6) is 0 Å². The highest BCUT2D eigenvalue weighted by Gasteiger charge is 2.29. The fraction of sp³-hybridized carbons (Fsp3) is 0.538. The van der Waals surface area contributed by atoms with E-state index >= 15 is 0 Å². The van der Waals surface area contributed by atoms with Crippen LogP contribution >= 0.6 is 11.6 Å². The predicted molar refractivity (Wildman–Crippen MR) is 68.9 cm³/mol. The van der Waals surface area contributed by atoms with Crippen LogP contribution in [0.4, 0.5) is 0 Å². The first-order chi connectivity index (χ1) is 7.60. The van der Waals surface area contributed by atoms with Crippen molar-refractivity contribution in [3.8, 4) is 0 Å². The van der Waals surface area contributed by atoms with Gasteiger partial charge in [0, 0.05) is 36.7 Å². The van der Waals surface area contributed by atoms with E-state index in [-0.39, 0.29) is 5.54 Å². The second-order valence-corrected chi connectivity index (χ2v) is 5.24. The summed E-state index contributed by atoms with van der Waals surface area (Å²) >= 11 is 5.92. The van der Waals surface area contributed by atoms with Gasteiger partial charge in [0.2, 0.25) is 0 Å². The van der Waals surface area contributed by atoms with Gasteiger partial charge in [0.05, 0.1) is 0 Å². The first-order valence-corrected chi connectivity index (χ1v) is 6.20. The Balaban J connectivity index is 2.19. The van der Waals surface area contributed by atoms with E-state index in [1.807, 2.05) is 12.1 Å². The van der Waals surface area contributed by atoms with Crippen molar-refractivity contribution in [2.24, 2.45) is 0 Å². The van der Waals surface area contributed by atoms with E-state index in [1.54, 1.807) is 0 Å². The van der Waals surface area contributed by atoms with Crippen LogP contribution < -0.4 is 5.32 Å². The monoisotopic (exact) mass is 238 g/mol. The van der Waals surface area contributed by atoms with E-state index < -0.39 is 0 Å². The largest absolute Gasteiger partial charge is 0.314 e. The zero-order chi connectivity index (χ0) is 11.6. The minimum atomic E-state index is 0.0900. The van der Waals surface area contributed by atoms with Crippen LogP contribution in [0.2, 0.25) is 5.02 Å². The molecule has 88 valence electrons. The molecule has 0 saturated carbocycles. The van der Waals surface area contributed by atoms with Crippen molar-refractivity contribution in [1.29, 1.82) is 0 Å². The third-order valence-electron chi connectivity index (χ3n) is 3.46. The zero-order valence-corrected chi connectivity index (χ0v) is 10.7. The van der Waals surface area contributed by atoms with Crippen LogP contribution in [0, 0.1) is 0 Å². The van der Waals surface area contributed by atoms with Crippen LogP contribution in [0.25, 0.3) is 0 Å². The van der Waals surface area contributed by atoms with Gasteiger partial charge in [0.1, 0.15) is 0 Å². The summed E-state index contributed by atoms with van der Waals surface area (Å²) in [5.41, 5.74) is 1.42. The summed E-state index contributed by atoms with van der Waals surface area (Å²) in [4.78, 5) is 2.52. The van der Waals surface area contributed by atoms with Crippen LogP contribution in [0.15, 0.2) is 24.3 Å². The van der Waals surface area contributed by atoms with Gasteiger partial charge >= 0.3 is 0 Å². The van der Waals surface area contributed by atoms with Gasteiger partial charge in [-0.1, -0.05) is 23.7 Å². The fourth-order valence-corrected chi connectivity index (χ4v) is 2.39. The van der Waals surface area contributed by atoms with Crippen molar-refractivity contribution in [1.82, 2.24) is 10.2 Å². The third kappa shape index (κ3) is 2.40. The first-order valence-electron chi connectivity index (χ1n) is 5.82. The lowest BCUT2D eigenvalue weighted by atomic mass is 9.91. The molecule has 0 radical (unpaired) electrons. The summed E-state index contributed by atoms with van der Waals surface area (Å²) in [7, 11) is 0. The van der Waals surface area contributed by atoms with Crippen molar-refractivity contribution < 1.29 is 0 Å². The summed E-state index contributed by atoms with van der Waals surface area (Å²) in [6.07, 6.45) is 0. The normalized spacial score (nSPS) is 18.7. The van der Waals surface area contributed by atoms with Gasteiger partial charge in [0.25, 0.3) is 0 Å². The maximum atomic E-state index is 5.92. The lowest BCUT2D eigenvalue weighted by Gasteiger charge is -2.41. The van der Waals surface area contributed by atoms with Crippen LogP contribution in [-0.2, 0) is 5.54 Å². The van der Waals surface area contributed by atoms with Crippen LogP contribution in [-0.4, -0.2) is 31.1 Å². The summed E-state index contributed by atoms with van der Waals surface area (Å²) in [5, 5.41) is 4.19. The lowest BCUT2D eigenvalue weighted by Crippen LogP contribution is -2.51. The van der Waals surface area contributed by atoms with Gasteiger partial charge in [-0.05, 0) is 31.5 Å². The molecule has 1 aromatic rings. The maximum Gasteiger partial charge on any atom is 0.0406 e. The molecule has 2 nitrogen and oxygen atoms in total. The molecule has 3 heteroatoms. The number of halogens is 1. The summed E-state index contributed by atoms with van der Waals surface area (Å²) in [5.74, 6) is 0. The molecule has 1 aliphatic rings. The van der Waals surface area contributed by atoms with Gasteiger partial charge in [-0.3, -0.25) is 4.90 Å². The quantitative estimate of drug-likeness (QED) is 0.852. The van der Waals surface area contributed by atoms with Gasteiger partial charge in [-0.2, -0.15) is 0 Å². The lowest BCUT2D eigenvalue weighted by molar-refractivity contribution is 0.103. The second-order valence-electron chi connectivity index (χ2n) is 4.80. The molecule has 0 amide bonds. The highest BCUT2D eigenvalue weighted by atomic mass is 35.5. The van der Waals surface area contributed by atoms with Crippen molar-refractivity contribution in [2.45, 2.75) is 19.4 Å². The average molecular weight is 239 g/mol. The third-order valence-corrected chi connectivity index (χ3v) is 3.71. The molecular formula is C13H19ClN2. The van der Waals surface area contributed by atoms with Crippen LogP contribution in [0.3, 0.4) is 0 Å². The molecular weight excluding hydrogens is 220 g/mol. The SMILES string of the molecule is CC(C)(c1ccc(Cl)cc1)N1CCNCC1. The standard InChI is InChI=1S/C13H19ClN2/c1-13(2,16-9-7-15-8-10-16)11-3-5-12(14)6-4-11/h3-6,15H,7-10H2,1-2H3. The molecule has 1 fully saturated rings. The van der Waals surface area contributed by atoms with Crippen molar-refractivity contribution >= 4 is 11.6 Å². The summed E-state index contributed by atoms with van der Waals surface area (Å²) in [6.45, 7) is 8.93. The maximum absolute atomic E-state index is 5.92.